The number of nitrogens with zero attached hydrogens (tertiary/aromatic N) is 4. The molecule has 0 amide bonds. The van der Waals surface area contributed by atoms with Crippen LogP contribution in [-0.2, 0) is 0 Å². The normalized spacial score (nSPS) is 10.9. The minimum absolute atomic E-state index is 0.220. The van der Waals surface area contributed by atoms with Crippen LogP contribution in [0.5, 0.6) is 0 Å². The molecule has 0 atom stereocenters. The van der Waals surface area contributed by atoms with Crippen LogP contribution >= 0.6 is 0 Å². The second-order valence-corrected chi connectivity index (χ2v) is 6.91. The number of nitriles is 1. The molecule has 0 heterocycles. The lowest BCUT2D eigenvalue weighted by Gasteiger charge is -2.28. The van der Waals surface area contributed by atoms with Crippen LogP contribution < -0.4 is 9.80 Å². The Balaban J connectivity index is 2.00. The van der Waals surface area contributed by atoms with Crippen molar-refractivity contribution in [2.45, 2.75) is 0 Å². The lowest BCUT2D eigenvalue weighted by Crippen LogP contribution is -2.23. The Morgan fingerprint density at radius 2 is 0.875 bits per heavy atom. The van der Waals surface area contributed by atoms with Crippen molar-refractivity contribution >= 4 is 22.7 Å². The molecule has 4 heteroatoms. The molecule has 0 aliphatic carbocycles. The highest BCUT2D eigenvalue weighted by Gasteiger charge is 2.26. The lowest BCUT2D eigenvalue weighted by molar-refractivity contribution is 1.11. The van der Waals surface area contributed by atoms with E-state index in [1.807, 2.05) is 131 Å². The first-order chi connectivity index (χ1) is 15.8. The topological polar surface area (TPSA) is 34.6 Å². The molecule has 0 saturated heterocycles. The summed E-state index contributed by atoms with van der Waals surface area (Å²) >= 11 is 0. The van der Waals surface area contributed by atoms with Crippen LogP contribution in [0.1, 0.15) is 0 Å². The van der Waals surface area contributed by atoms with E-state index in [1.165, 1.54) is 0 Å². The quantitative estimate of drug-likeness (QED) is 0.247. The van der Waals surface area contributed by atoms with Gasteiger partial charge >= 0.3 is 0 Å². The van der Waals surface area contributed by atoms with Gasteiger partial charge in [-0.15, -0.1) is 0 Å². The molecule has 4 nitrogen and oxygen atoms in total. The van der Waals surface area contributed by atoms with E-state index in [-0.39, 0.29) is 11.5 Å². The summed E-state index contributed by atoms with van der Waals surface area (Å²) in [5.41, 5.74) is 3.46. The summed E-state index contributed by atoms with van der Waals surface area (Å²) < 4.78 is 0. The van der Waals surface area contributed by atoms with Crippen molar-refractivity contribution in [1.29, 1.82) is 5.26 Å². The largest absolute Gasteiger partial charge is 0.361 e. The molecule has 4 aromatic rings. The average molecular weight is 412 g/mol. The lowest BCUT2D eigenvalue weighted by atomic mass is 10.2. The van der Waals surface area contributed by atoms with Crippen molar-refractivity contribution in [3.63, 3.8) is 0 Å². The second kappa shape index (κ2) is 9.80. The predicted octanol–water partition coefficient (Wildman–Crippen LogP) is 7.27. The Hall–Kier alpha value is -4.80. The van der Waals surface area contributed by atoms with E-state index in [0.717, 1.165) is 22.7 Å². The number of hydrogen-bond donors (Lipinski definition) is 0. The smallest absolute Gasteiger partial charge is 0.270 e. The monoisotopic (exact) mass is 412 g/mol. The van der Waals surface area contributed by atoms with E-state index in [1.54, 1.807) is 0 Å². The molecule has 0 spiro atoms. The standard InChI is InChI=1S/C28H20N4/c1-30-28(32(25-18-10-4-11-19-25)26-20-12-5-13-21-26)27(22-29)31(23-14-6-2-7-15-23)24-16-8-3-9-17-24/h2-21H/b28-27-. The minimum Gasteiger partial charge on any atom is -0.361 e. The van der Waals surface area contributed by atoms with E-state index in [9.17, 15) is 5.26 Å². The Bertz CT molecular complexity index is 1090. The summed E-state index contributed by atoms with van der Waals surface area (Å²) in [6.45, 7) is 8.09. The van der Waals surface area contributed by atoms with Gasteiger partial charge in [0.25, 0.3) is 5.82 Å². The highest BCUT2D eigenvalue weighted by Crippen LogP contribution is 2.36. The first-order valence-corrected chi connectivity index (χ1v) is 10.2. The van der Waals surface area contributed by atoms with Crippen LogP contribution in [0.4, 0.5) is 22.7 Å². The fraction of sp³-hybridized carbons (Fsp3) is 0. The SMILES string of the molecule is [C-]#[N+]/C(=C(\C#N)N(c1ccccc1)c1ccccc1)N(c1ccccc1)c1ccccc1. The van der Waals surface area contributed by atoms with Crippen LogP contribution in [-0.4, -0.2) is 0 Å². The van der Waals surface area contributed by atoms with Gasteiger partial charge in [-0.25, -0.2) is 0 Å². The van der Waals surface area contributed by atoms with Crippen molar-refractivity contribution < 1.29 is 0 Å². The summed E-state index contributed by atoms with van der Waals surface area (Å²) in [6.07, 6.45) is 0. The molecule has 0 N–H and O–H groups in total. The van der Waals surface area contributed by atoms with Crippen LogP contribution in [0.2, 0.25) is 0 Å². The van der Waals surface area contributed by atoms with Gasteiger partial charge in [-0.2, -0.15) is 5.26 Å². The van der Waals surface area contributed by atoms with Crippen molar-refractivity contribution in [2.24, 2.45) is 0 Å². The van der Waals surface area contributed by atoms with Gasteiger partial charge < -0.3 is 9.74 Å². The van der Waals surface area contributed by atoms with Crippen LogP contribution in [0.15, 0.2) is 133 Å². The zero-order valence-corrected chi connectivity index (χ0v) is 17.3. The van der Waals surface area contributed by atoms with Gasteiger partial charge in [0.05, 0.1) is 0 Å². The Labute approximate surface area is 188 Å². The van der Waals surface area contributed by atoms with Gasteiger partial charge in [-0.1, -0.05) is 79.4 Å². The van der Waals surface area contributed by atoms with Crippen molar-refractivity contribution in [1.82, 2.24) is 0 Å². The van der Waals surface area contributed by atoms with E-state index in [2.05, 4.69) is 10.9 Å². The van der Waals surface area contributed by atoms with E-state index in [4.69, 9.17) is 6.57 Å². The number of rotatable bonds is 6. The average Bonchev–Trinajstić information content (AvgIpc) is 2.88. The summed E-state index contributed by atoms with van der Waals surface area (Å²) in [6, 6.07) is 40.9. The number of benzene rings is 4. The molecule has 152 valence electrons. The fourth-order valence-corrected chi connectivity index (χ4v) is 3.52. The van der Waals surface area contributed by atoms with Crippen LogP contribution in [0.3, 0.4) is 0 Å². The maximum absolute atomic E-state index is 10.3. The van der Waals surface area contributed by atoms with E-state index < -0.39 is 0 Å². The highest BCUT2D eigenvalue weighted by molar-refractivity contribution is 5.76. The summed E-state index contributed by atoms with van der Waals surface area (Å²) in [4.78, 5) is 7.53. The van der Waals surface area contributed by atoms with E-state index >= 15 is 0 Å². The van der Waals surface area contributed by atoms with Crippen molar-refractivity contribution in [3.8, 4) is 6.07 Å². The number of anilines is 4. The number of hydrogen-bond acceptors (Lipinski definition) is 3. The minimum atomic E-state index is 0.220. The van der Waals surface area contributed by atoms with Crippen molar-refractivity contribution in [2.75, 3.05) is 9.80 Å². The van der Waals surface area contributed by atoms with Crippen LogP contribution in [0.25, 0.3) is 4.85 Å². The predicted molar refractivity (Wildman–Crippen MR) is 129 cm³/mol. The molecule has 0 aliphatic rings. The van der Waals surface area contributed by atoms with Crippen LogP contribution in [0, 0.1) is 17.9 Å². The molecule has 0 unspecified atom stereocenters. The Morgan fingerprint density at radius 1 is 0.562 bits per heavy atom. The fourth-order valence-electron chi connectivity index (χ4n) is 3.52. The molecule has 4 rings (SSSR count). The number of allylic oxidation sites excluding steroid dienone is 1. The molecule has 0 bridgehead atoms. The Morgan fingerprint density at radius 3 is 1.16 bits per heavy atom. The molecule has 0 saturated carbocycles. The second-order valence-electron chi connectivity index (χ2n) is 6.91. The zero-order valence-electron chi connectivity index (χ0n) is 17.3. The third-order valence-corrected chi connectivity index (χ3v) is 4.92. The van der Waals surface area contributed by atoms with Gasteiger partial charge in [-0.3, -0.25) is 4.90 Å². The maximum Gasteiger partial charge on any atom is 0.270 e. The third-order valence-electron chi connectivity index (χ3n) is 4.92. The van der Waals surface area contributed by atoms with Gasteiger partial charge in [-0.05, 0) is 48.5 Å². The molecule has 0 fully saturated rings. The first kappa shape index (κ1) is 20.5. The number of para-hydroxylation sites is 4. The molecular weight excluding hydrogens is 392 g/mol. The molecule has 32 heavy (non-hydrogen) atoms. The molecule has 4 aromatic carbocycles. The van der Waals surface area contributed by atoms with Gasteiger partial charge in [0.15, 0.2) is 0 Å². The summed E-state index contributed by atoms with van der Waals surface area (Å²) in [5.74, 6) is 0.220. The van der Waals surface area contributed by atoms with Gasteiger partial charge in [0, 0.05) is 11.4 Å². The van der Waals surface area contributed by atoms with Gasteiger partial charge in [0.1, 0.15) is 23.1 Å². The third kappa shape index (κ3) is 4.21. The molecule has 0 radical (unpaired) electrons. The highest BCUT2D eigenvalue weighted by atomic mass is 15.3. The molecule has 0 aromatic heterocycles. The Kier molecular flexibility index (Phi) is 6.27. The van der Waals surface area contributed by atoms with E-state index in [0.29, 0.717) is 0 Å². The zero-order chi connectivity index (χ0) is 22.2. The van der Waals surface area contributed by atoms with Gasteiger partial charge in [0.2, 0.25) is 0 Å². The summed E-state index contributed by atoms with van der Waals surface area (Å²) in [5, 5.41) is 10.3. The van der Waals surface area contributed by atoms with Crippen molar-refractivity contribution in [3.05, 3.63) is 144 Å². The maximum atomic E-state index is 10.3. The molecular formula is C28H20N4. The summed E-state index contributed by atoms with van der Waals surface area (Å²) in [7, 11) is 0. The molecule has 0 aliphatic heterocycles. The first-order valence-electron chi connectivity index (χ1n) is 10.2.